The number of rotatable bonds is 1. The van der Waals surface area contributed by atoms with Crippen molar-refractivity contribution in [3.63, 3.8) is 0 Å². The van der Waals surface area contributed by atoms with Crippen molar-refractivity contribution in [3.05, 3.63) is 10.1 Å². The van der Waals surface area contributed by atoms with Gasteiger partial charge in [0.1, 0.15) is 0 Å². The molecule has 1 atom stereocenters. The molecule has 1 rings (SSSR count). The second-order valence-corrected chi connectivity index (χ2v) is 3.93. The minimum absolute atomic E-state index is 0. The van der Waals surface area contributed by atoms with Gasteiger partial charge in [-0.25, -0.2) is 0 Å². The van der Waals surface area contributed by atoms with Gasteiger partial charge >= 0.3 is 48.9 Å². The molecule has 1 aliphatic carbocycles. The van der Waals surface area contributed by atoms with E-state index in [4.69, 9.17) is 0 Å². The van der Waals surface area contributed by atoms with Gasteiger partial charge in [-0.2, -0.15) is 0 Å². The van der Waals surface area contributed by atoms with Crippen LogP contribution in [0, 0.1) is 10.1 Å². The first kappa shape index (κ1) is 15.6. The van der Waals surface area contributed by atoms with Crippen molar-refractivity contribution in [3.8, 4) is 0 Å². The van der Waals surface area contributed by atoms with Gasteiger partial charge in [-0.15, -0.1) is 0 Å². The zero-order valence-electron chi connectivity index (χ0n) is 8.41. The van der Waals surface area contributed by atoms with Gasteiger partial charge in [-0.3, -0.25) is 14.9 Å². The van der Waals surface area contributed by atoms with E-state index in [0.717, 1.165) is 38.5 Å². The first-order valence-electron chi connectivity index (χ1n) is 5.38. The van der Waals surface area contributed by atoms with E-state index < -0.39 is 11.0 Å². The third-order valence-corrected chi connectivity index (χ3v) is 2.78. The topological polar surface area (TPSA) is 60.2 Å². The molecule has 0 spiro atoms. The van der Waals surface area contributed by atoms with Gasteiger partial charge < -0.3 is 0 Å². The summed E-state index contributed by atoms with van der Waals surface area (Å²) in [6, 6.07) is -0.923. The van der Waals surface area contributed by atoms with E-state index in [9.17, 15) is 14.9 Å². The molecule has 0 aromatic carbocycles. The molecule has 0 aromatic heterocycles. The number of hydrogen-bond acceptors (Lipinski definition) is 3. The summed E-state index contributed by atoms with van der Waals surface area (Å²) in [6.45, 7) is 0. The molecule has 0 radical (unpaired) electrons. The molecule has 4 nitrogen and oxygen atoms in total. The van der Waals surface area contributed by atoms with Gasteiger partial charge in [0, 0.05) is 17.8 Å². The fourth-order valence-corrected chi connectivity index (χ4v) is 1.89. The summed E-state index contributed by atoms with van der Waals surface area (Å²) in [5.41, 5.74) is 0. The standard InChI is InChI=1S/C10H17NO3.Ba.2H/c12-10-8-6-4-2-1-3-5-7-9(10)11(13)14;;;/h9H,1-8H2;;;. The molecule has 1 fully saturated rings. The molecule has 0 amide bonds. The first-order valence-corrected chi connectivity index (χ1v) is 5.38. The van der Waals surface area contributed by atoms with Crippen molar-refractivity contribution < 1.29 is 9.72 Å². The minimum atomic E-state index is -0.923. The Bertz CT molecular complexity index is 221. The van der Waals surface area contributed by atoms with Crippen LogP contribution in [0.25, 0.3) is 0 Å². The van der Waals surface area contributed by atoms with Gasteiger partial charge in [-0.05, 0) is 12.8 Å². The number of carbonyl (C=O) groups excluding carboxylic acids is 1. The number of carbonyl (C=O) groups is 1. The molecule has 5 heteroatoms. The van der Waals surface area contributed by atoms with Crippen LogP contribution in [0.3, 0.4) is 0 Å². The van der Waals surface area contributed by atoms with Crippen molar-refractivity contribution in [1.29, 1.82) is 0 Å². The Morgan fingerprint density at radius 1 is 1.07 bits per heavy atom. The maximum absolute atomic E-state index is 11.4. The first-order chi connectivity index (χ1) is 6.72. The molecular weight excluding hydrogens is 319 g/mol. The second kappa shape index (κ2) is 8.75. The van der Waals surface area contributed by atoms with Crippen LogP contribution in [0.5, 0.6) is 0 Å². The van der Waals surface area contributed by atoms with Gasteiger partial charge in [0.25, 0.3) is 6.04 Å². The van der Waals surface area contributed by atoms with Gasteiger partial charge in [0.05, 0.1) is 0 Å². The number of nitro groups is 1. The Morgan fingerprint density at radius 3 is 2.20 bits per heavy atom. The van der Waals surface area contributed by atoms with E-state index in [2.05, 4.69) is 0 Å². The maximum atomic E-state index is 11.4. The molecule has 0 N–H and O–H groups in total. The summed E-state index contributed by atoms with van der Waals surface area (Å²) in [5, 5.41) is 10.6. The molecular formula is C10H19BaNO3. The monoisotopic (exact) mass is 339 g/mol. The molecule has 1 unspecified atom stereocenters. The molecule has 0 aromatic rings. The summed E-state index contributed by atoms with van der Waals surface area (Å²) in [5.74, 6) is -0.170. The Balaban J connectivity index is 0.00000196. The third kappa shape index (κ3) is 6.06. The van der Waals surface area contributed by atoms with Crippen molar-refractivity contribution in [2.24, 2.45) is 0 Å². The van der Waals surface area contributed by atoms with E-state index in [1.807, 2.05) is 0 Å². The Labute approximate surface area is 130 Å². The normalized spacial score (nSPS) is 24.0. The number of Topliss-reactive ketones (excluding diaryl/α,β-unsaturated/α-hetero) is 1. The Kier molecular flexibility index (Phi) is 9.13. The van der Waals surface area contributed by atoms with Crippen LogP contribution in [0.1, 0.15) is 51.4 Å². The van der Waals surface area contributed by atoms with Crippen molar-refractivity contribution >= 4 is 54.7 Å². The third-order valence-electron chi connectivity index (χ3n) is 2.78. The van der Waals surface area contributed by atoms with E-state index in [1.54, 1.807) is 0 Å². The van der Waals surface area contributed by atoms with Crippen LogP contribution in [0.4, 0.5) is 0 Å². The molecule has 1 saturated carbocycles. The second-order valence-electron chi connectivity index (χ2n) is 3.93. The molecule has 1 aliphatic rings. The van der Waals surface area contributed by atoms with Crippen LogP contribution < -0.4 is 0 Å². The average molecular weight is 339 g/mol. The fourth-order valence-electron chi connectivity index (χ4n) is 1.89. The summed E-state index contributed by atoms with van der Waals surface area (Å²) in [6.07, 6.45) is 6.85. The Hall–Kier alpha value is 0.641. The van der Waals surface area contributed by atoms with E-state index >= 15 is 0 Å². The van der Waals surface area contributed by atoms with E-state index in [1.165, 1.54) is 0 Å². The molecule has 0 bridgehead atoms. The van der Waals surface area contributed by atoms with Crippen LogP contribution >= 0.6 is 0 Å². The van der Waals surface area contributed by atoms with Gasteiger partial charge in [0.15, 0.2) is 0 Å². The van der Waals surface area contributed by atoms with Crippen molar-refractivity contribution in [2.75, 3.05) is 0 Å². The number of ketones is 1. The van der Waals surface area contributed by atoms with E-state index in [-0.39, 0.29) is 54.7 Å². The van der Waals surface area contributed by atoms with Crippen molar-refractivity contribution in [1.82, 2.24) is 0 Å². The zero-order valence-corrected chi connectivity index (χ0v) is 8.41. The van der Waals surface area contributed by atoms with Crippen LogP contribution in [-0.2, 0) is 4.79 Å². The van der Waals surface area contributed by atoms with Crippen LogP contribution in [-0.4, -0.2) is 65.6 Å². The average Bonchev–Trinajstić information content (AvgIpc) is 2.15. The SMILES string of the molecule is O=C1CCCCCCCCC1[N+](=O)[O-].[BaH2]. The van der Waals surface area contributed by atoms with Gasteiger partial charge in [0.2, 0.25) is 5.78 Å². The van der Waals surface area contributed by atoms with Crippen LogP contribution in [0.2, 0.25) is 0 Å². The van der Waals surface area contributed by atoms with E-state index in [0.29, 0.717) is 12.8 Å². The predicted molar refractivity (Wildman–Crippen MR) is 61.3 cm³/mol. The van der Waals surface area contributed by atoms with Gasteiger partial charge in [-0.1, -0.05) is 25.7 Å². The molecule has 15 heavy (non-hydrogen) atoms. The molecule has 0 aliphatic heterocycles. The summed E-state index contributed by atoms with van der Waals surface area (Å²) < 4.78 is 0. The Morgan fingerprint density at radius 2 is 1.60 bits per heavy atom. The summed E-state index contributed by atoms with van der Waals surface area (Å²) in [7, 11) is 0. The summed E-state index contributed by atoms with van der Waals surface area (Å²) >= 11 is 0. The number of hydrogen-bond donors (Lipinski definition) is 0. The van der Waals surface area contributed by atoms with Crippen molar-refractivity contribution in [2.45, 2.75) is 57.4 Å². The molecule has 0 saturated heterocycles. The quantitative estimate of drug-likeness (QED) is 0.413. The van der Waals surface area contributed by atoms with Crippen LogP contribution in [0.15, 0.2) is 0 Å². The number of nitrogens with zero attached hydrogens (tertiary/aromatic N) is 1. The predicted octanol–water partition coefficient (Wildman–Crippen LogP) is 1.42. The fraction of sp³-hybridized carbons (Fsp3) is 0.900. The zero-order chi connectivity index (χ0) is 10.4. The molecule has 84 valence electrons. The summed E-state index contributed by atoms with van der Waals surface area (Å²) in [4.78, 5) is 21.6. The molecule has 0 heterocycles.